The highest BCUT2D eigenvalue weighted by Crippen LogP contribution is 2.32. The largest absolute Gasteiger partial charge is 0.325 e. The number of anilines is 1. The van der Waals surface area contributed by atoms with Gasteiger partial charge in [-0.3, -0.25) is 4.79 Å². The molecule has 3 nitrogen and oxygen atoms in total. The van der Waals surface area contributed by atoms with Gasteiger partial charge in [-0.25, -0.2) is 0 Å². The van der Waals surface area contributed by atoms with Crippen LogP contribution in [0.15, 0.2) is 12.1 Å². The summed E-state index contributed by atoms with van der Waals surface area (Å²) < 4.78 is 0. The third-order valence-corrected chi connectivity index (χ3v) is 2.58. The number of carbonyl (C=O) groups excluding carboxylic acids is 1. The third-order valence-electron chi connectivity index (χ3n) is 2.58. The van der Waals surface area contributed by atoms with Crippen LogP contribution in [0, 0.1) is 13.8 Å². The van der Waals surface area contributed by atoms with E-state index in [9.17, 15) is 4.79 Å². The van der Waals surface area contributed by atoms with Gasteiger partial charge in [-0.15, -0.1) is 0 Å². The van der Waals surface area contributed by atoms with Crippen molar-refractivity contribution in [3.05, 3.63) is 28.8 Å². The van der Waals surface area contributed by atoms with Gasteiger partial charge in [0.1, 0.15) is 0 Å². The summed E-state index contributed by atoms with van der Waals surface area (Å²) in [5, 5.41) is 2.87. The van der Waals surface area contributed by atoms with Crippen molar-refractivity contribution in [2.75, 3.05) is 5.32 Å². The molecule has 0 bridgehead atoms. The number of amides is 1. The Bertz CT molecular complexity index is 399. The van der Waals surface area contributed by atoms with Crippen LogP contribution >= 0.6 is 0 Å². The highest BCUT2D eigenvalue weighted by Gasteiger charge is 2.23. The fourth-order valence-corrected chi connectivity index (χ4v) is 1.96. The van der Waals surface area contributed by atoms with Gasteiger partial charge in [0.25, 0.3) is 0 Å². The van der Waals surface area contributed by atoms with E-state index in [2.05, 4.69) is 11.4 Å². The molecular weight excluding hydrogens is 176 g/mol. The fourth-order valence-electron chi connectivity index (χ4n) is 1.96. The number of hydrogen-bond donors (Lipinski definition) is 2. The van der Waals surface area contributed by atoms with E-state index >= 15 is 0 Å². The molecule has 2 rings (SSSR count). The SMILES string of the molecule is Cc1cc(C)c2c(c1)C(N)CC(=O)N2. The highest BCUT2D eigenvalue weighted by molar-refractivity contribution is 5.95. The second-order valence-electron chi connectivity index (χ2n) is 3.90. The summed E-state index contributed by atoms with van der Waals surface area (Å²) in [4.78, 5) is 11.3. The van der Waals surface area contributed by atoms with E-state index in [4.69, 9.17) is 5.73 Å². The zero-order valence-electron chi connectivity index (χ0n) is 8.42. The molecule has 1 unspecified atom stereocenters. The topological polar surface area (TPSA) is 55.1 Å². The molecule has 1 atom stereocenters. The molecule has 14 heavy (non-hydrogen) atoms. The van der Waals surface area contributed by atoms with E-state index in [-0.39, 0.29) is 11.9 Å². The number of nitrogens with two attached hydrogens (primary N) is 1. The Morgan fingerprint density at radius 3 is 2.86 bits per heavy atom. The monoisotopic (exact) mass is 190 g/mol. The van der Waals surface area contributed by atoms with Gasteiger partial charge in [-0.1, -0.05) is 17.7 Å². The molecular formula is C11H14N2O. The fraction of sp³-hybridized carbons (Fsp3) is 0.364. The molecule has 1 aromatic carbocycles. The van der Waals surface area contributed by atoms with Crippen molar-refractivity contribution in [1.82, 2.24) is 0 Å². The van der Waals surface area contributed by atoms with Gasteiger partial charge in [0.05, 0.1) is 0 Å². The summed E-state index contributed by atoms with van der Waals surface area (Å²) in [7, 11) is 0. The van der Waals surface area contributed by atoms with Gasteiger partial charge < -0.3 is 11.1 Å². The normalized spacial score (nSPS) is 20.2. The standard InChI is InChI=1S/C11H14N2O/c1-6-3-7(2)11-8(4-6)9(12)5-10(14)13-11/h3-4,9H,5,12H2,1-2H3,(H,13,14). The quantitative estimate of drug-likeness (QED) is 0.653. The van der Waals surface area contributed by atoms with Crippen LogP contribution < -0.4 is 11.1 Å². The molecule has 0 aliphatic carbocycles. The van der Waals surface area contributed by atoms with Crippen LogP contribution in [-0.2, 0) is 4.79 Å². The molecule has 1 heterocycles. The highest BCUT2D eigenvalue weighted by atomic mass is 16.1. The average molecular weight is 190 g/mol. The maximum Gasteiger partial charge on any atom is 0.226 e. The Morgan fingerprint density at radius 1 is 1.43 bits per heavy atom. The molecule has 1 aromatic rings. The van der Waals surface area contributed by atoms with E-state index < -0.39 is 0 Å². The number of fused-ring (bicyclic) bond motifs is 1. The van der Waals surface area contributed by atoms with Crippen molar-refractivity contribution < 1.29 is 4.79 Å². The summed E-state index contributed by atoms with van der Waals surface area (Å²) in [5.74, 6) is 0.0111. The maximum atomic E-state index is 11.3. The van der Waals surface area contributed by atoms with Crippen molar-refractivity contribution >= 4 is 11.6 Å². The lowest BCUT2D eigenvalue weighted by Gasteiger charge is -2.24. The van der Waals surface area contributed by atoms with Gasteiger partial charge in [0, 0.05) is 18.2 Å². The summed E-state index contributed by atoms with van der Waals surface area (Å²) in [6.45, 7) is 4.03. The number of hydrogen-bond acceptors (Lipinski definition) is 2. The van der Waals surface area contributed by atoms with Gasteiger partial charge in [0.15, 0.2) is 0 Å². The molecule has 1 aliphatic heterocycles. The third kappa shape index (κ3) is 1.40. The first kappa shape index (κ1) is 9.21. The molecule has 0 aromatic heterocycles. The van der Waals surface area contributed by atoms with E-state index in [1.54, 1.807) is 0 Å². The van der Waals surface area contributed by atoms with E-state index in [0.717, 1.165) is 16.8 Å². The minimum absolute atomic E-state index is 0.0111. The second-order valence-corrected chi connectivity index (χ2v) is 3.90. The Balaban J connectivity index is 2.58. The van der Waals surface area contributed by atoms with Crippen molar-refractivity contribution in [3.8, 4) is 0 Å². The van der Waals surface area contributed by atoms with Gasteiger partial charge in [-0.2, -0.15) is 0 Å². The first-order valence-electron chi connectivity index (χ1n) is 4.74. The molecule has 0 spiro atoms. The molecule has 74 valence electrons. The van der Waals surface area contributed by atoms with E-state index in [1.165, 1.54) is 5.56 Å². The number of benzene rings is 1. The molecule has 1 aliphatic rings. The van der Waals surface area contributed by atoms with Crippen LogP contribution in [0.5, 0.6) is 0 Å². The molecule has 0 fully saturated rings. The number of aryl methyl sites for hydroxylation is 2. The Labute approximate surface area is 83.3 Å². The van der Waals surface area contributed by atoms with Gasteiger partial charge in [-0.05, 0) is 25.0 Å². The lowest BCUT2D eigenvalue weighted by atomic mass is 9.93. The summed E-state index contributed by atoms with van der Waals surface area (Å²) in [6, 6.07) is 3.95. The predicted octanol–water partition coefficient (Wildman–Crippen LogP) is 1.65. The molecule has 0 saturated heterocycles. The zero-order valence-corrected chi connectivity index (χ0v) is 8.42. The van der Waals surface area contributed by atoms with Gasteiger partial charge in [0.2, 0.25) is 5.91 Å². The van der Waals surface area contributed by atoms with E-state index in [1.807, 2.05) is 19.9 Å². The van der Waals surface area contributed by atoms with Crippen LogP contribution in [0.25, 0.3) is 0 Å². The Morgan fingerprint density at radius 2 is 2.14 bits per heavy atom. The Kier molecular flexibility index (Phi) is 2.04. The Hall–Kier alpha value is -1.35. The van der Waals surface area contributed by atoms with Crippen molar-refractivity contribution in [2.24, 2.45) is 5.73 Å². The van der Waals surface area contributed by atoms with Gasteiger partial charge >= 0.3 is 0 Å². The molecule has 0 radical (unpaired) electrons. The van der Waals surface area contributed by atoms with Crippen LogP contribution in [-0.4, -0.2) is 5.91 Å². The molecule has 3 N–H and O–H groups in total. The smallest absolute Gasteiger partial charge is 0.226 e. The summed E-state index contributed by atoms with van der Waals surface area (Å²) in [6.07, 6.45) is 0.385. The van der Waals surface area contributed by atoms with Crippen molar-refractivity contribution in [2.45, 2.75) is 26.3 Å². The van der Waals surface area contributed by atoms with Crippen LogP contribution in [0.2, 0.25) is 0 Å². The average Bonchev–Trinajstić information content (AvgIpc) is 2.07. The number of rotatable bonds is 0. The molecule has 3 heteroatoms. The van der Waals surface area contributed by atoms with Crippen molar-refractivity contribution in [1.29, 1.82) is 0 Å². The lowest BCUT2D eigenvalue weighted by molar-refractivity contribution is -0.116. The minimum Gasteiger partial charge on any atom is -0.325 e. The summed E-state index contributed by atoms with van der Waals surface area (Å²) >= 11 is 0. The minimum atomic E-state index is -0.155. The van der Waals surface area contributed by atoms with Crippen LogP contribution in [0.3, 0.4) is 0 Å². The first-order chi connectivity index (χ1) is 6.58. The first-order valence-corrected chi connectivity index (χ1v) is 4.74. The second kappa shape index (κ2) is 3.10. The molecule has 1 amide bonds. The maximum absolute atomic E-state index is 11.3. The van der Waals surface area contributed by atoms with E-state index in [0.29, 0.717) is 6.42 Å². The van der Waals surface area contributed by atoms with Crippen LogP contribution in [0.1, 0.15) is 29.2 Å². The van der Waals surface area contributed by atoms with Crippen LogP contribution in [0.4, 0.5) is 5.69 Å². The summed E-state index contributed by atoms with van der Waals surface area (Å²) in [5.41, 5.74) is 10.1. The van der Waals surface area contributed by atoms with Crippen molar-refractivity contribution in [3.63, 3.8) is 0 Å². The zero-order chi connectivity index (χ0) is 10.3. The number of nitrogens with one attached hydrogen (secondary N) is 1. The predicted molar refractivity (Wildman–Crippen MR) is 56.1 cm³/mol. The molecule has 0 saturated carbocycles. The lowest BCUT2D eigenvalue weighted by Crippen LogP contribution is -2.28. The number of carbonyl (C=O) groups is 1.